The molecule has 0 aliphatic carbocycles. The van der Waals surface area contributed by atoms with Crippen molar-refractivity contribution in [2.24, 2.45) is 5.92 Å². The van der Waals surface area contributed by atoms with Crippen molar-refractivity contribution in [3.05, 3.63) is 36.0 Å². The van der Waals surface area contributed by atoms with Gasteiger partial charge in [0, 0.05) is 11.1 Å². The number of carboxylic acids is 1. The highest BCUT2D eigenvalue weighted by Crippen LogP contribution is 2.23. The minimum Gasteiger partial charge on any atom is -0.481 e. The summed E-state index contributed by atoms with van der Waals surface area (Å²) in [4.78, 5) is 26.9. The van der Waals surface area contributed by atoms with E-state index >= 15 is 0 Å². The molecule has 1 unspecified atom stereocenters. The third-order valence-electron chi connectivity index (χ3n) is 2.87. The second kappa shape index (κ2) is 5.06. The van der Waals surface area contributed by atoms with Gasteiger partial charge in [0.15, 0.2) is 0 Å². The third kappa shape index (κ3) is 2.70. The molecule has 0 spiro atoms. The van der Waals surface area contributed by atoms with Crippen molar-refractivity contribution in [1.29, 1.82) is 0 Å². The lowest BCUT2D eigenvalue weighted by atomic mass is 10.1. The van der Waals surface area contributed by atoms with Crippen molar-refractivity contribution >= 4 is 28.5 Å². The fourth-order valence-electron chi connectivity index (χ4n) is 1.76. The van der Waals surface area contributed by atoms with Crippen LogP contribution in [-0.4, -0.2) is 22.0 Å². The number of aryl methyl sites for hydroxylation is 1. The number of aliphatic carboxylic acids is 1. The topological polar surface area (TPSA) is 79.3 Å². The van der Waals surface area contributed by atoms with Crippen LogP contribution in [0.5, 0.6) is 0 Å². The lowest BCUT2D eigenvalue weighted by molar-refractivity contribution is -0.144. The Morgan fingerprint density at radius 1 is 1.32 bits per heavy atom. The van der Waals surface area contributed by atoms with E-state index in [9.17, 15) is 9.59 Å². The smallest absolute Gasteiger partial charge is 0.315 e. The van der Waals surface area contributed by atoms with Gasteiger partial charge in [-0.15, -0.1) is 0 Å². The minimum absolute atomic E-state index is 0.539. The van der Waals surface area contributed by atoms with Gasteiger partial charge in [0.05, 0.1) is 11.2 Å². The molecule has 0 bridgehead atoms. The molecule has 1 aromatic heterocycles. The summed E-state index contributed by atoms with van der Waals surface area (Å²) in [5.74, 6) is -2.77. The van der Waals surface area contributed by atoms with E-state index in [0.717, 1.165) is 16.6 Å². The molecule has 2 aromatic rings. The number of carbonyl (C=O) groups excluding carboxylic acids is 1. The van der Waals surface area contributed by atoms with Crippen molar-refractivity contribution in [3.63, 3.8) is 0 Å². The first-order chi connectivity index (χ1) is 8.99. The molecule has 1 heterocycles. The summed E-state index contributed by atoms with van der Waals surface area (Å²) < 4.78 is 0. The summed E-state index contributed by atoms with van der Waals surface area (Å²) in [6.45, 7) is 3.18. The van der Waals surface area contributed by atoms with Crippen molar-refractivity contribution in [3.8, 4) is 0 Å². The van der Waals surface area contributed by atoms with Gasteiger partial charge in [0.25, 0.3) is 0 Å². The van der Waals surface area contributed by atoms with Crippen LogP contribution in [0.3, 0.4) is 0 Å². The monoisotopic (exact) mass is 258 g/mol. The van der Waals surface area contributed by atoms with E-state index in [-0.39, 0.29) is 0 Å². The van der Waals surface area contributed by atoms with Crippen LogP contribution in [0.4, 0.5) is 5.69 Å². The van der Waals surface area contributed by atoms with Crippen molar-refractivity contribution in [2.75, 3.05) is 5.32 Å². The minimum atomic E-state index is -1.15. The van der Waals surface area contributed by atoms with E-state index in [0.29, 0.717) is 5.69 Å². The maximum Gasteiger partial charge on any atom is 0.315 e. The van der Waals surface area contributed by atoms with Gasteiger partial charge in [0.2, 0.25) is 5.91 Å². The van der Waals surface area contributed by atoms with Crippen molar-refractivity contribution in [2.45, 2.75) is 13.8 Å². The Balaban J connectivity index is 2.40. The van der Waals surface area contributed by atoms with Gasteiger partial charge >= 0.3 is 5.97 Å². The predicted molar refractivity (Wildman–Crippen MR) is 71.9 cm³/mol. The number of nitrogens with zero attached hydrogens (tertiary/aromatic N) is 1. The SMILES string of the molecule is Cc1cc(NC(=O)C(C)C(=O)O)c2ccccc2n1. The van der Waals surface area contributed by atoms with Crippen molar-refractivity contribution < 1.29 is 14.7 Å². The summed E-state index contributed by atoms with van der Waals surface area (Å²) in [6, 6.07) is 9.12. The van der Waals surface area contributed by atoms with Gasteiger partial charge in [-0.2, -0.15) is 0 Å². The van der Waals surface area contributed by atoms with E-state index in [1.807, 2.05) is 31.2 Å². The molecule has 0 aliphatic rings. The van der Waals surface area contributed by atoms with Crippen LogP contribution < -0.4 is 5.32 Å². The highest BCUT2D eigenvalue weighted by molar-refractivity contribution is 6.07. The van der Waals surface area contributed by atoms with Gasteiger partial charge in [-0.05, 0) is 26.0 Å². The fourth-order valence-corrected chi connectivity index (χ4v) is 1.76. The number of aromatic nitrogens is 1. The molecule has 0 saturated heterocycles. The van der Waals surface area contributed by atoms with Gasteiger partial charge in [-0.25, -0.2) is 0 Å². The Morgan fingerprint density at radius 3 is 2.68 bits per heavy atom. The second-order valence-electron chi connectivity index (χ2n) is 4.38. The second-order valence-corrected chi connectivity index (χ2v) is 4.38. The first-order valence-corrected chi connectivity index (χ1v) is 5.89. The van der Waals surface area contributed by atoms with E-state index in [1.165, 1.54) is 6.92 Å². The Labute approximate surface area is 110 Å². The first-order valence-electron chi connectivity index (χ1n) is 5.89. The zero-order chi connectivity index (χ0) is 14.0. The molecular weight excluding hydrogens is 244 g/mol. The zero-order valence-corrected chi connectivity index (χ0v) is 10.7. The third-order valence-corrected chi connectivity index (χ3v) is 2.87. The maximum atomic E-state index is 11.8. The predicted octanol–water partition coefficient (Wildman–Crippen LogP) is 2.20. The summed E-state index contributed by atoms with van der Waals surface area (Å²) in [5, 5.41) is 12.3. The van der Waals surface area contributed by atoms with Crippen LogP contribution in [0.2, 0.25) is 0 Å². The van der Waals surface area contributed by atoms with E-state index in [1.54, 1.807) is 6.07 Å². The normalized spacial score (nSPS) is 12.1. The van der Waals surface area contributed by atoms with Crippen molar-refractivity contribution in [1.82, 2.24) is 4.98 Å². The molecule has 98 valence electrons. The quantitative estimate of drug-likeness (QED) is 0.827. The van der Waals surface area contributed by atoms with E-state index in [2.05, 4.69) is 10.3 Å². The first kappa shape index (κ1) is 13.0. The van der Waals surface area contributed by atoms with Crippen LogP contribution >= 0.6 is 0 Å². The number of amides is 1. The number of anilines is 1. The number of hydrogen-bond donors (Lipinski definition) is 2. The number of hydrogen-bond acceptors (Lipinski definition) is 3. The molecule has 2 rings (SSSR count). The molecule has 5 heteroatoms. The number of benzene rings is 1. The molecule has 0 fully saturated rings. The highest BCUT2D eigenvalue weighted by Gasteiger charge is 2.21. The Hall–Kier alpha value is -2.43. The van der Waals surface area contributed by atoms with Crippen LogP contribution in [0.1, 0.15) is 12.6 Å². The van der Waals surface area contributed by atoms with Crippen LogP contribution in [0.25, 0.3) is 10.9 Å². The largest absolute Gasteiger partial charge is 0.481 e. The molecule has 2 N–H and O–H groups in total. The Morgan fingerprint density at radius 2 is 2.00 bits per heavy atom. The molecule has 19 heavy (non-hydrogen) atoms. The molecule has 5 nitrogen and oxygen atoms in total. The number of rotatable bonds is 3. The summed E-state index contributed by atoms with van der Waals surface area (Å²) in [5.41, 5.74) is 2.11. The standard InChI is InChI=1S/C14H14N2O3/c1-8-7-12(16-13(17)9(2)14(18)19)10-5-3-4-6-11(10)15-8/h3-7,9H,1-2H3,(H,18,19)(H,15,16,17). The summed E-state index contributed by atoms with van der Waals surface area (Å²) in [7, 11) is 0. The molecule has 0 aliphatic heterocycles. The lowest BCUT2D eigenvalue weighted by Gasteiger charge is -2.11. The number of nitrogens with one attached hydrogen (secondary N) is 1. The average Bonchev–Trinajstić information content (AvgIpc) is 2.37. The average molecular weight is 258 g/mol. The van der Waals surface area contributed by atoms with Crippen LogP contribution in [-0.2, 0) is 9.59 Å². The fraction of sp³-hybridized carbons (Fsp3) is 0.214. The van der Waals surface area contributed by atoms with E-state index in [4.69, 9.17) is 5.11 Å². The zero-order valence-electron chi connectivity index (χ0n) is 10.7. The van der Waals surface area contributed by atoms with E-state index < -0.39 is 17.8 Å². The number of para-hydroxylation sites is 1. The number of fused-ring (bicyclic) bond motifs is 1. The number of carboxylic acid groups (broad SMARTS) is 1. The van der Waals surface area contributed by atoms with Gasteiger partial charge in [0.1, 0.15) is 5.92 Å². The molecule has 1 aromatic carbocycles. The molecule has 0 saturated carbocycles. The van der Waals surface area contributed by atoms with Crippen LogP contribution in [0, 0.1) is 12.8 Å². The Bertz CT molecular complexity index is 652. The Kier molecular flexibility index (Phi) is 3.46. The van der Waals surface area contributed by atoms with Gasteiger partial charge in [-0.1, -0.05) is 18.2 Å². The molecule has 1 amide bonds. The van der Waals surface area contributed by atoms with Gasteiger partial charge < -0.3 is 10.4 Å². The number of pyridine rings is 1. The number of carbonyl (C=O) groups is 2. The summed E-state index contributed by atoms with van der Waals surface area (Å²) >= 11 is 0. The molecular formula is C14H14N2O3. The maximum absolute atomic E-state index is 11.8. The highest BCUT2D eigenvalue weighted by atomic mass is 16.4. The molecule has 1 atom stereocenters. The summed E-state index contributed by atoms with van der Waals surface area (Å²) in [6.07, 6.45) is 0. The molecule has 0 radical (unpaired) electrons. The van der Waals surface area contributed by atoms with Crippen LogP contribution in [0.15, 0.2) is 30.3 Å². The van der Waals surface area contributed by atoms with Gasteiger partial charge in [-0.3, -0.25) is 14.6 Å². The lowest BCUT2D eigenvalue weighted by Crippen LogP contribution is -2.27.